The number of anilines is 6. The largest absolute Gasteiger partial charge is 0.311 e. The van der Waals surface area contributed by atoms with Crippen LogP contribution in [0.1, 0.15) is 50.7 Å². The van der Waals surface area contributed by atoms with Gasteiger partial charge in [-0.3, -0.25) is 0 Å². The second-order valence-electron chi connectivity index (χ2n) is 12.2. The molecule has 2 nitrogen and oxygen atoms in total. The fourth-order valence-corrected chi connectivity index (χ4v) is 8.20. The zero-order valence-corrected chi connectivity index (χ0v) is 25.3. The van der Waals surface area contributed by atoms with E-state index < -0.39 is 0 Å². The molecule has 204 valence electrons. The van der Waals surface area contributed by atoms with Crippen LogP contribution in [0.3, 0.4) is 0 Å². The van der Waals surface area contributed by atoms with Gasteiger partial charge in [-0.2, -0.15) is 0 Å². The lowest BCUT2D eigenvalue weighted by atomic mass is 9.36. The standard InChI is InChI=1S/C38H33BN2S/c1-24(2)26-16-20-28(21-17-26)40-32-12-7-6-11-31(32)39-36-33(40)13-9-14-34(36)41(29-22-18-27(19-23-29)25(3)4)37-30-10-5-8-15-35(30)42-38(37)39/h5-25H,1-4H3. The molecule has 0 radical (unpaired) electrons. The third-order valence-electron chi connectivity index (χ3n) is 9.04. The molecule has 0 N–H and O–H groups in total. The van der Waals surface area contributed by atoms with Gasteiger partial charge in [-0.1, -0.05) is 94.4 Å². The smallest absolute Gasteiger partial charge is 0.264 e. The van der Waals surface area contributed by atoms with Crippen molar-refractivity contribution in [3.8, 4) is 0 Å². The first-order valence-corrected chi connectivity index (χ1v) is 15.9. The molecule has 0 aliphatic carbocycles. The molecular weight excluding hydrogens is 527 g/mol. The Morgan fingerprint density at radius 2 is 1.10 bits per heavy atom. The van der Waals surface area contributed by atoms with Gasteiger partial charge >= 0.3 is 0 Å². The molecule has 0 fully saturated rings. The lowest BCUT2D eigenvalue weighted by molar-refractivity contribution is 0.866. The van der Waals surface area contributed by atoms with Crippen LogP contribution in [0, 0.1) is 0 Å². The lowest BCUT2D eigenvalue weighted by Crippen LogP contribution is -2.60. The van der Waals surface area contributed by atoms with E-state index in [1.54, 1.807) is 0 Å². The third-order valence-corrected chi connectivity index (χ3v) is 10.3. The summed E-state index contributed by atoms with van der Waals surface area (Å²) in [6.07, 6.45) is 0. The Balaban J connectivity index is 1.42. The average molecular weight is 561 g/mol. The highest BCUT2D eigenvalue weighted by Crippen LogP contribution is 2.47. The number of fused-ring (bicyclic) bond motifs is 6. The molecule has 2 aliphatic heterocycles. The van der Waals surface area contributed by atoms with Crippen molar-refractivity contribution in [2.45, 2.75) is 39.5 Å². The van der Waals surface area contributed by atoms with Crippen LogP contribution in [0.15, 0.2) is 115 Å². The molecule has 3 heterocycles. The molecule has 2 aliphatic rings. The van der Waals surface area contributed by atoms with Gasteiger partial charge in [-0.15, -0.1) is 11.3 Å². The molecule has 0 amide bonds. The van der Waals surface area contributed by atoms with Gasteiger partial charge in [0.15, 0.2) is 0 Å². The van der Waals surface area contributed by atoms with E-state index in [9.17, 15) is 0 Å². The maximum Gasteiger partial charge on any atom is 0.264 e. The van der Waals surface area contributed by atoms with Crippen molar-refractivity contribution in [2.24, 2.45) is 0 Å². The van der Waals surface area contributed by atoms with Crippen molar-refractivity contribution in [3.05, 3.63) is 126 Å². The van der Waals surface area contributed by atoms with Crippen LogP contribution in [0.5, 0.6) is 0 Å². The van der Waals surface area contributed by atoms with Gasteiger partial charge in [0, 0.05) is 43.3 Å². The van der Waals surface area contributed by atoms with Crippen molar-refractivity contribution >= 4 is 78.0 Å². The molecule has 42 heavy (non-hydrogen) atoms. The summed E-state index contributed by atoms with van der Waals surface area (Å²) in [5.74, 6) is 1.00. The van der Waals surface area contributed by atoms with Crippen LogP contribution >= 0.6 is 11.3 Å². The van der Waals surface area contributed by atoms with Crippen LogP contribution in [0.4, 0.5) is 34.1 Å². The minimum absolute atomic E-state index is 0.178. The summed E-state index contributed by atoms with van der Waals surface area (Å²) < 4.78 is 2.76. The van der Waals surface area contributed by atoms with E-state index in [1.165, 1.54) is 71.0 Å². The van der Waals surface area contributed by atoms with Crippen LogP contribution in [-0.2, 0) is 0 Å². The molecule has 6 aromatic rings. The van der Waals surface area contributed by atoms with Gasteiger partial charge in [-0.25, -0.2) is 0 Å². The zero-order chi connectivity index (χ0) is 28.5. The Labute approximate surface area is 253 Å². The first kappa shape index (κ1) is 25.4. The minimum atomic E-state index is 0.178. The molecule has 4 heteroatoms. The van der Waals surface area contributed by atoms with Gasteiger partial charge in [0.05, 0.1) is 5.69 Å². The van der Waals surface area contributed by atoms with E-state index in [0.717, 1.165) is 0 Å². The molecule has 0 atom stereocenters. The maximum atomic E-state index is 2.53. The molecule has 1 aromatic heterocycles. The predicted octanol–water partition coefficient (Wildman–Crippen LogP) is 9.23. The molecule has 0 bridgehead atoms. The van der Waals surface area contributed by atoms with Gasteiger partial charge in [-0.05, 0) is 82.4 Å². The van der Waals surface area contributed by atoms with Crippen molar-refractivity contribution in [2.75, 3.05) is 9.80 Å². The van der Waals surface area contributed by atoms with E-state index >= 15 is 0 Å². The summed E-state index contributed by atoms with van der Waals surface area (Å²) in [5.41, 5.74) is 13.0. The van der Waals surface area contributed by atoms with E-state index in [1.807, 2.05) is 11.3 Å². The number of para-hydroxylation sites is 1. The Morgan fingerprint density at radius 1 is 0.548 bits per heavy atom. The molecule has 0 saturated heterocycles. The summed E-state index contributed by atoms with van der Waals surface area (Å²) in [6, 6.07) is 43.2. The number of hydrogen-bond acceptors (Lipinski definition) is 3. The monoisotopic (exact) mass is 560 g/mol. The van der Waals surface area contributed by atoms with Crippen LogP contribution < -0.4 is 25.5 Å². The number of benzene rings is 5. The van der Waals surface area contributed by atoms with Gasteiger partial charge < -0.3 is 9.80 Å². The van der Waals surface area contributed by atoms with Crippen LogP contribution in [-0.4, -0.2) is 6.71 Å². The van der Waals surface area contributed by atoms with Crippen LogP contribution in [0.2, 0.25) is 0 Å². The molecule has 8 rings (SSSR count). The molecule has 0 saturated carbocycles. The predicted molar refractivity (Wildman–Crippen MR) is 184 cm³/mol. The Kier molecular flexibility index (Phi) is 5.84. The fourth-order valence-electron chi connectivity index (χ4n) is 6.88. The van der Waals surface area contributed by atoms with Gasteiger partial charge in [0.1, 0.15) is 0 Å². The highest BCUT2D eigenvalue weighted by Gasteiger charge is 2.44. The highest BCUT2D eigenvalue weighted by atomic mass is 32.1. The lowest BCUT2D eigenvalue weighted by Gasteiger charge is -2.43. The number of thiophene rings is 1. The molecule has 0 unspecified atom stereocenters. The molecule has 5 aromatic carbocycles. The molecular formula is C38H33BN2S. The number of hydrogen-bond donors (Lipinski definition) is 0. The van der Waals surface area contributed by atoms with Gasteiger partial charge in [0.25, 0.3) is 6.71 Å². The van der Waals surface area contributed by atoms with Crippen molar-refractivity contribution in [1.29, 1.82) is 0 Å². The normalized spacial score (nSPS) is 13.5. The van der Waals surface area contributed by atoms with Crippen molar-refractivity contribution in [3.63, 3.8) is 0 Å². The highest BCUT2D eigenvalue weighted by molar-refractivity contribution is 7.33. The Hall–Kier alpha value is -4.28. The van der Waals surface area contributed by atoms with E-state index in [2.05, 4.69) is 153 Å². The summed E-state index contributed by atoms with van der Waals surface area (Å²) in [6.45, 7) is 9.22. The second-order valence-corrected chi connectivity index (χ2v) is 13.3. The number of nitrogens with zero attached hydrogens (tertiary/aromatic N) is 2. The maximum absolute atomic E-state index is 2.53. The summed E-state index contributed by atoms with van der Waals surface area (Å²) in [5, 5.41) is 1.32. The van der Waals surface area contributed by atoms with E-state index in [0.29, 0.717) is 11.8 Å². The second kappa shape index (κ2) is 9.64. The fraction of sp³-hybridized carbons (Fsp3) is 0.158. The zero-order valence-electron chi connectivity index (χ0n) is 24.5. The van der Waals surface area contributed by atoms with Crippen molar-refractivity contribution < 1.29 is 0 Å². The van der Waals surface area contributed by atoms with E-state index in [-0.39, 0.29) is 6.71 Å². The number of rotatable bonds is 4. The Morgan fingerprint density at radius 3 is 1.76 bits per heavy atom. The summed E-state index contributed by atoms with van der Waals surface area (Å²) in [4.78, 5) is 5.01. The quantitative estimate of drug-likeness (QED) is 0.198. The molecule has 0 spiro atoms. The third kappa shape index (κ3) is 3.71. The first-order chi connectivity index (χ1) is 20.5. The average Bonchev–Trinajstić information content (AvgIpc) is 3.40. The Bertz CT molecular complexity index is 1950. The van der Waals surface area contributed by atoms with Crippen LogP contribution in [0.25, 0.3) is 10.1 Å². The first-order valence-electron chi connectivity index (χ1n) is 15.0. The van der Waals surface area contributed by atoms with E-state index in [4.69, 9.17) is 0 Å². The van der Waals surface area contributed by atoms with Crippen molar-refractivity contribution in [1.82, 2.24) is 0 Å². The summed E-state index contributed by atoms with van der Waals surface area (Å²) in [7, 11) is 0. The van der Waals surface area contributed by atoms with Gasteiger partial charge in [0.2, 0.25) is 0 Å². The SMILES string of the molecule is CC(C)c1ccc(N2c3ccccc3B3c4sc5ccccc5c4N(c4ccc(C(C)C)cc4)c4cccc2c43)cc1. The topological polar surface area (TPSA) is 6.48 Å². The minimum Gasteiger partial charge on any atom is -0.311 e. The summed E-state index contributed by atoms with van der Waals surface area (Å²) >= 11 is 1.95.